The Morgan fingerprint density at radius 3 is 2.72 bits per heavy atom. The lowest BCUT2D eigenvalue weighted by molar-refractivity contribution is 0.205. The van der Waals surface area contributed by atoms with Gasteiger partial charge in [-0.15, -0.1) is 0 Å². The second kappa shape index (κ2) is 5.21. The van der Waals surface area contributed by atoms with Crippen molar-refractivity contribution in [3.05, 3.63) is 35.4 Å². The molecule has 2 amide bonds. The van der Waals surface area contributed by atoms with Crippen LogP contribution in [0.5, 0.6) is 0 Å². The first-order valence-electron chi connectivity index (χ1n) is 6.42. The second-order valence-electron chi connectivity index (χ2n) is 4.49. The van der Waals surface area contributed by atoms with Crippen LogP contribution in [0.15, 0.2) is 24.3 Å². The van der Waals surface area contributed by atoms with E-state index in [1.807, 2.05) is 25.1 Å². The summed E-state index contributed by atoms with van der Waals surface area (Å²) in [5, 5.41) is 10.6. The summed E-state index contributed by atoms with van der Waals surface area (Å²) in [6.07, 6.45) is 1.81. The van der Waals surface area contributed by atoms with Gasteiger partial charge in [0, 0.05) is 6.54 Å². The summed E-state index contributed by atoms with van der Waals surface area (Å²) in [6, 6.07) is 7.65. The Morgan fingerprint density at radius 2 is 2.06 bits per heavy atom. The predicted octanol–water partition coefficient (Wildman–Crippen LogP) is 2.70. The molecule has 0 aliphatic carbocycles. The number of benzene rings is 1. The molecule has 0 radical (unpaired) electrons. The van der Waals surface area contributed by atoms with E-state index in [1.165, 1.54) is 5.56 Å². The molecular weight excluding hydrogens is 226 g/mol. The highest BCUT2D eigenvalue weighted by molar-refractivity contribution is 6.06. The number of rotatable bonds is 4. The minimum Gasteiger partial charge on any atom is -0.310 e. The summed E-state index contributed by atoms with van der Waals surface area (Å²) in [5.41, 5.74) is 2.27. The minimum absolute atomic E-state index is 0.155. The van der Waals surface area contributed by atoms with Crippen LogP contribution in [0.3, 0.4) is 0 Å². The first-order chi connectivity index (χ1) is 8.69. The molecule has 0 spiro atoms. The van der Waals surface area contributed by atoms with E-state index >= 15 is 0 Å². The van der Waals surface area contributed by atoms with Gasteiger partial charge in [0.2, 0.25) is 0 Å². The van der Waals surface area contributed by atoms with Gasteiger partial charge in [-0.3, -0.25) is 10.7 Å². The molecule has 1 aliphatic rings. The van der Waals surface area contributed by atoms with Gasteiger partial charge in [-0.1, -0.05) is 38.1 Å². The molecule has 0 saturated carbocycles. The average Bonchev–Trinajstić information content (AvgIpc) is 2.65. The second-order valence-corrected chi connectivity index (χ2v) is 4.49. The fourth-order valence-electron chi connectivity index (χ4n) is 2.45. The molecule has 1 unspecified atom stereocenters. The van der Waals surface area contributed by atoms with Crippen molar-refractivity contribution in [2.45, 2.75) is 32.7 Å². The Kier molecular flexibility index (Phi) is 3.65. The van der Waals surface area contributed by atoms with Crippen LogP contribution in [0, 0.1) is 5.41 Å². The molecule has 4 heteroatoms. The van der Waals surface area contributed by atoms with Crippen molar-refractivity contribution in [2.24, 2.45) is 0 Å². The Morgan fingerprint density at radius 1 is 1.33 bits per heavy atom. The van der Waals surface area contributed by atoms with Crippen LogP contribution in [0.2, 0.25) is 0 Å². The van der Waals surface area contributed by atoms with Gasteiger partial charge in [0.05, 0.1) is 0 Å². The third-order valence-corrected chi connectivity index (χ3v) is 3.28. The highest BCUT2D eigenvalue weighted by atomic mass is 16.2. The number of nitrogens with one attached hydrogen (secondary N) is 2. The van der Waals surface area contributed by atoms with Crippen molar-refractivity contribution >= 4 is 11.9 Å². The van der Waals surface area contributed by atoms with E-state index in [0.717, 1.165) is 18.4 Å². The molecule has 1 heterocycles. The molecule has 1 aliphatic heterocycles. The molecule has 1 aromatic carbocycles. The van der Waals surface area contributed by atoms with Crippen molar-refractivity contribution in [2.75, 3.05) is 6.54 Å². The lowest BCUT2D eigenvalue weighted by atomic mass is 9.97. The third kappa shape index (κ3) is 2.10. The number of hydrogen-bond acceptors (Lipinski definition) is 2. The van der Waals surface area contributed by atoms with E-state index in [0.29, 0.717) is 6.54 Å². The number of carbonyl (C=O) groups excluding carboxylic acids is 1. The number of amidine groups is 1. The molecular formula is C14H19N3O. The monoisotopic (exact) mass is 245 g/mol. The molecule has 1 atom stereocenters. The van der Waals surface area contributed by atoms with Crippen LogP contribution in [0.4, 0.5) is 4.79 Å². The molecule has 96 valence electrons. The van der Waals surface area contributed by atoms with E-state index in [2.05, 4.69) is 18.3 Å². The summed E-state index contributed by atoms with van der Waals surface area (Å²) < 4.78 is 0. The van der Waals surface area contributed by atoms with Crippen LogP contribution in [0.25, 0.3) is 0 Å². The maximum Gasteiger partial charge on any atom is 0.323 e. The summed E-state index contributed by atoms with van der Waals surface area (Å²) in [5.74, 6) is 0.286. The molecule has 0 aromatic heterocycles. The standard InChI is InChI=1S/C14H19N3O/c1-3-9-17-12(13(15)16-14(17)18)11-8-6-5-7-10(11)4-2/h5-8,12H,3-4,9H2,1-2H3,(H2,15,16,18). The number of nitrogens with zero attached hydrogens (tertiary/aromatic N) is 1. The summed E-state index contributed by atoms with van der Waals surface area (Å²) in [6.45, 7) is 4.81. The molecule has 1 aromatic rings. The van der Waals surface area contributed by atoms with E-state index in [4.69, 9.17) is 5.41 Å². The van der Waals surface area contributed by atoms with Crippen molar-refractivity contribution in [3.8, 4) is 0 Å². The predicted molar refractivity (Wildman–Crippen MR) is 71.8 cm³/mol. The molecule has 2 rings (SSSR count). The zero-order chi connectivity index (χ0) is 13.1. The van der Waals surface area contributed by atoms with Gasteiger partial charge in [-0.05, 0) is 24.0 Å². The van der Waals surface area contributed by atoms with Gasteiger partial charge in [0.15, 0.2) is 0 Å². The Labute approximate surface area is 108 Å². The topological polar surface area (TPSA) is 56.2 Å². The molecule has 2 N–H and O–H groups in total. The van der Waals surface area contributed by atoms with Gasteiger partial charge in [0.25, 0.3) is 0 Å². The number of hydrogen-bond donors (Lipinski definition) is 2. The maximum atomic E-state index is 11.8. The fraction of sp³-hybridized carbons (Fsp3) is 0.429. The zero-order valence-electron chi connectivity index (χ0n) is 10.9. The maximum absolute atomic E-state index is 11.8. The highest BCUT2D eigenvalue weighted by Crippen LogP contribution is 2.28. The lowest BCUT2D eigenvalue weighted by Gasteiger charge is -2.24. The van der Waals surface area contributed by atoms with Crippen LogP contribution >= 0.6 is 0 Å². The molecule has 1 fully saturated rings. The van der Waals surface area contributed by atoms with Gasteiger partial charge in [-0.25, -0.2) is 4.79 Å². The first-order valence-corrected chi connectivity index (χ1v) is 6.42. The largest absolute Gasteiger partial charge is 0.323 e. The van der Waals surface area contributed by atoms with E-state index in [1.54, 1.807) is 4.90 Å². The summed E-state index contributed by atoms with van der Waals surface area (Å²) >= 11 is 0. The molecule has 0 bridgehead atoms. The number of amides is 2. The first kappa shape index (κ1) is 12.6. The SMILES string of the molecule is CCCN1C(=O)NC(=N)C1c1ccccc1CC. The summed E-state index contributed by atoms with van der Waals surface area (Å²) in [4.78, 5) is 13.6. The van der Waals surface area contributed by atoms with Crippen LogP contribution in [-0.2, 0) is 6.42 Å². The molecule has 18 heavy (non-hydrogen) atoms. The van der Waals surface area contributed by atoms with Crippen molar-refractivity contribution in [1.82, 2.24) is 10.2 Å². The Hall–Kier alpha value is -1.84. The van der Waals surface area contributed by atoms with Crippen molar-refractivity contribution in [3.63, 3.8) is 0 Å². The van der Waals surface area contributed by atoms with Crippen LogP contribution in [0.1, 0.15) is 37.4 Å². The van der Waals surface area contributed by atoms with Crippen molar-refractivity contribution < 1.29 is 4.79 Å². The average molecular weight is 245 g/mol. The fourth-order valence-corrected chi connectivity index (χ4v) is 2.45. The van der Waals surface area contributed by atoms with Gasteiger partial charge < -0.3 is 4.90 Å². The Balaban J connectivity index is 2.40. The van der Waals surface area contributed by atoms with E-state index in [-0.39, 0.29) is 17.9 Å². The van der Waals surface area contributed by atoms with Crippen LogP contribution in [-0.4, -0.2) is 23.3 Å². The van der Waals surface area contributed by atoms with Gasteiger partial charge in [0.1, 0.15) is 11.9 Å². The van der Waals surface area contributed by atoms with Gasteiger partial charge >= 0.3 is 6.03 Å². The molecule has 4 nitrogen and oxygen atoms in total. The smallest absolute Gasteiger partial charge is 0.310 e. The highest BCUT2D eigenvalue weighted by Gasteiger charge is 2.36. The Bertz CT molecular complexity index is 470. The summed E-state index contributed by atoms with van der Waals surface area (Å²) in [7, 11) is 0. The normalized spacial score (nSPS) is 19.2. The number of aryl methyl sites for hydroxylation is 1. The zero-order valence-corrected chi connectivity index (χ0v) is 10.9. The van der Waals surface area contributed by atoms with E-state index in [9.17, 15) is 4.79 Å². The third-order valence-electron chi connectivity index (χ3n) is 3.28. The van der Waals surface area contributed by atoms with Crippen molar-refractivity contribution in [1.29, 1.82) is 5.41 Å². The van der Waals surface area contributed by atoms with Crippen LogP contribution < -0.4 is 5.32 Å². The van der Waals surface area contributed by atoms with E-state index < -0.39 is 0 Å². The number of urea groups is 1. The number of carbonyl (C=O) groups is 1. The minimum atomic E-state index is -0.242. The molecule has 1 saturated heterocycles. The lowest BCUT2D eigenvalue weighted by Crippen LogP contribution is -2.30. The van der Waals surface area contributed by atoms with Gasteiger partial charge in [-0.2, -0.15) is 0 Å². The quantitative estimate of drug-likeness (QED) is 0.842.